The maximum absolute atomic E-state index is 12.9. The molecule has 0 N–H and O–H groups in total. The van der Waals surface area contributed by atoms with E-state index in [2.05, 4.69) is 13.2 Å². The summed E-state index contributed by atoms with van der Waals surface area (Å²) < 4.78 is 18.0. The zero-order valence-corrected chi connectivity index (χ0v) is 21.0. The zero-order valence-electron chi connectivity index (χ0n) is 21.0. The predicted octanol–water partition coefficient (Wildman–Crippen LogP) is 7.58. The lowest BCUT2D eigenvalue weighted by Crippen LogP contribution is -2.26. The van der Waals surface area contributed by atoms with E-state index in [1.54, 1.807) is 43.3 Å². The van der Waals surface area contributed by atoms with Crippen LogP contribution in [0, 0.1) is 0 Å². The highest BCUT2D eigenvalue weighted by molar-refractivity contribution is 6.07. The summed E-state index contributed by atoms with van der Waals surface area (Å²) in [6.07, 6.45) is 5.80. The van der Waals surface area contributed by atoms with Gasteiger partial charge < -0.3 is 14.2 Å². The third-order valence-electron chi connectivity index (χ3n) is 4.26. The molecule has 33 heavy (non-hydrogen) atoms. The largest absolute Gasteiger partial charge is 0.487 e. The highest BCUT2D eigenvalue weighted by atomic mass is 16.5. The van der Waals surface area contributed by atoms with Crippen LogP contribution in [0.2, 0.25) is 0 Å². The van der Waals surface area contributed by atoms with Gasteiger partial charge >= 0.3 is 0 Å². The summed E-state index contributed by atoms with van der Waals surface area (Å²) in [7, 11) is 0. The van der Waals surface area contributed by atoms with Crippen LogP contribution in [0.1, 0.15) is 70.0 Å². The summed E-state index contributed by atoms with van der Waals surface area (Å²) in [6, 6.07) is 10.9. The molecule has 0 saturated heterocycles. The highest BCUT2D eigenvalue weighted by Gasteiger charge is 2.22. The van der Waals surface area contributed by atoms with Gasteiger partial charge in [-0.1, -0.05) is 18.7 Å². The lowest BCUT2D eigenvalue weighted by molar-refractivity contribution is 0.104. The summed E-state index contributed by atoms with van der Waals surface area (Å²) >= 11 is 0. The van der Waals surface area contributed by atoms with Gasteiger partial charge in [-0.05, 0) is 103 Å². The summed E-state index contributed by atoms with van der Waals surface area (Å²) in [5, 5.41) is 0. The van der Waals surface area contributed by atoms with Crippen LogP contribution in [0.25, 0.3) is 6.08 Å². The Hall–Kier alpha value is -3.27. The van der Waals surface area contributed by atoms with E-state index in [0.717, 1.165) is 11.1 Å². The second-order valence-corrected chi connectivity index (χ2v) is 9.91. The average molecular weight is 449 g/mol. The Morgan fingerprint density at radius 3 is 2.06 bits per heavy atom. The van der Waals surface area contributed by atoms with E-state index in [9.17, 15) is 4.79 Å². The molecular weight excluding hydrogens is 412 g/mol. The smallest absolute Gasteiger partial charge is 0.185 e. The van der Waals surface area contributed by atoms with Crippen molar-refractivity contribution in [1.29, 1.82) is 0 Å². The van der Waals surface area contributed by atoms with Gasteiger partial charge in [0.25, 0.3) is 0 Å². The number of ketones is 1. The van der Waals surface area contributed by atoms with Crippen LogP contribution in [-0.2, 0) is 6.42 Å². The molecular formula is C29H36O4. The Morgan fingerprint density at radius 2 is 1.55 bits per heavy atom. The molecule has 0 aromatic heterocycles. The van der Waals surface area contributed by atoms with Gasteiger partial charge in [-0.25, -0.2) is 0 Å². The maximum Gasteiger partial charge on any atom is 0.185 e. The van der Waals surface area contributed by atoms with E-state index in [1.165, 1.54) is 0 Å². The van der Waals surface area contributed by atoms with Gasteiger partial charge in [0.15, 0.2) is 5.78 Å². The molecule has 0 atom stereocenters. The molecule has 2 rings (SSSR count). The minimum Gasteiger partial charge on any atom is -0.487 e. The van der Waals surface area contributed by atoms with E-state index in [1.807, 2.05) is 59.8 Å². The fourth-order valence-corrected chi connectivity index (χ4v) is 3.09. The molecule has 0 saturated carbocycles. The van der Waals surface area contributed by atoms with Crippen molar-refractivity contribution in [1.82, 2.24) is 0 Å². The molecule has 4 nitrogen and oxygen atoms in total. The van der Waals surface area contributed by atoms with Crippen molar-refractivity contribution in [2.45, 2.75) is 66.1 Å². The summed E-state index contributed by atoms with van der Waals surface area (Å²) in [4.78, 5) is 12.9. The molecule has 0 amide bonds. The van der Waals surface area contributed by atoms with Crippen LogP contribution in [0.4, 0.5) is 0 Å². The maximum atomic E-state index is 12.9. The first-order valence-electron chi connectivity index (χ1n) is 11.1. The molecule has 0 aliphatic rings. The third kappa shape index (κ3) is 8.30. The van der Waals surface area contributed by atoms with Crippen LogP contribution < -0.4 is 14.2 Å². The predicted molar refractivity (Wildman–Crippen MR) is 136 cm³/mol. The summed E-state index contributed by atoms with van der Waals surface area (Å²) in [5.74, 6) is 2.45. The van der Waals surface area contributed by atoms with Crippen molar-refractivity contribution in [2.75, 3.05) is 0 Å². The topological polar surface area (TPSA) is 44.8 Å². The molecule has 0 fully saturated rings. The lowest BCUT2D eigenvalue weighted by Gasteiger charge is -2.28. The van der Waals surface area contributed by atoms with Crippen molar-refractivity contribution in [3.8, 4) is 17.2 Å². The van der Waals surface area contributed by atoms with Crippen molar-refractivity contribution >= 4 is 11.9 Å². The van der Waals surface area contributed by atoms with Crippen LogP contribution in [0.15, 0.2) is 67.5 Å². The molecule has 4 heteroatoms. The Kier molecular flexibility index (Phi) is 8.32. The second kappa shape index (κ2) is 10.6. The normalized spacial score (nSPS) is 11.8. The minimum atomic E-state index is -0.429. The van der Waals surface area contributed by atoms with E-state index < -0.39 is 11.2 Å². The average Bonchev–Trinajstić information content (AvgIpc) is 2.67. The number of benzene rings is 2. The molecule has 0 spiro atoms. The SMILES string of the molecule is C=CCc1ccc(OC(C)(C)C)c(/C=C/C(=O)c2ccc(OC(=C)C)cc2)c1OC(C)(C)C. The fourth-order valence-electron chi connectivity index (χ4n) is 3.09. The minimum absolute atomic E-state index is 0.130. The lowest BCUT2D eigenvalue weighted by atomic mass is 10.0. The highest BCUT2D eigenvalue weighted by Crippen LogP contribution is 2.38. The summed E-state index contributed by atoms with van der Waals surface area (Å²) in [6.45, 7) is 21.3. The number of ether oxygens (including phenoxy) is 3. The Balaban J connectivity index is 2.50. The van der Waals surface area contributed by atoms with Gasteiger partial charge in [-0.15, -0.1) is 6.58 Å². The van der Waals surface area contributed by atoms with Crippen molar-refractivity contribution in [2.24, 2.45) is 0 Å². The standard InChI is InChI=1S/C29H36O4/c1-10-11-22-14-19-26(32-28(4,5)6)24(27(22)33-29(7,8)9)17-18-25(30)21-12-15-23(16-13-21)31-20(2)3/h10,12-19H,1-2,11H2,3-9H3/b18-17+. The Labute approximate surface area is 198 Å². The monoisotopic (exact) mass is 448 g/mol. The first-order valence-corrected chi connectivity index (χ1v) is 11.1. The second-order valence-electron chi connectivity index (χ2n) is 9.91. The number of carbonyl (C=O) groups excluding carboxylic acids is 1. The molecule has 176 valence electrons. The number of allylic oxidation sites excluding steroid dienone is 3. The number of hydrogen-bond donors (Lipinski definition) is 0. The third-order valence-corrected chi connectivity index (χ3v) is 4.26. The van der Waals surface area contributed by atoms with E-state index in [0.29, 0.717) is 35.0 Å². The molecule has 0 heterocycles. The van der Waals surface area contributed by atoms with Crippen LogP contribution in [0.3, 0.4) is 0 Å². The van der Waals surface area contributed by atoms with Gasteiger partial charge in [0.1, 0.15) is 28.5 Å². The number of rotatable bonds is 9. The molecule has 0 aliphatic heterocycles. The number of carbonyl (C=O) groups is 1. The molecule has 2 aromatic rings. The van der Waals surface area contributed by atoms with Crippen molar-refractivity contribution in [3.63, 3.8) is 0 Å². The molecule has 0 aliphatic carbocycles. The first kappa shape index (κ1) is 26.0. The molecule has 0 unspecified atom stereocenters. The Bertz CT molecular complexity index is 1030. The van der Waals surface area contributed by atoms with E-state index >= 15 is 0 Å². The quantitative estimate of drug-likeness (QED) is 0.172. The van der Waals surface area contributed by atoms with Crippen LogP contribution in [0.5, 0.6) is 17.2 Å². The zero-order chi connectivity index (χ0) is 24.8. The van der Waals surface area contributed by atoms with Gasteiger partial charge in [-0.3, -0.25) is 4.79 Å². The van der Waals surface area contributed by atoms with Gasteiger partial charge in [-0.2, -0.15) is 0 Å². The molecule has 2 aromatic carbocycles. The summed E-state index contributed by atoms with van der Waals surface area (Å²) in [5.41, 5.74) is 1.43. The van der Waals surface area contributed by atoms with E-state index in [4.69, 9.17) is 14.2 Å². The van der Waals surface area contributed by atoms with Crippen molar-refractivity contribution in [3.05, 3.63) is 84.2 Å². The van der Waals surface area contributed by atoms with Gasteiger partial charge in [0, 0.05) is 5.56 Å². The molecule has 0 bridgehead atoms. The molecule has 0 radical (unpaired) electrons. The van der Waals surface area contributed by atoms with Crippen LogP contribution >= 0.6 is 0 Å². The Morgan fingerprint density at radius 1 is 0.939 bits per heavy atom. The van der Waals surface area contributed by atoms with Crippen LogP contribution in [-0.4, -0.2) is 17.0 Å². The number of hydrogen-bond acceptors (Lipinski definition) is 4. The van der Waals surface area contributed by atoms with Crippen molar-refractivity contribution < 1.29 is 19.0 Å². The first-order chi connectivity index (χ1) is 15.3. The van der Waals surface area contributed by atoms with E-state index in [-0.39, 0.29) is 5.78 Å². The fraction of sp³-hybridized carbons (Fsp3) is 0.345. The van der Waals surface area contributed by atoms with Gasteiger partial charge in [0.2, 0.25) is 0 Å². The van der Waals surface area contributed by atoms with Gasteiger partial charge in [0.05, 0.1) is 11.3 Å².